The summed E-state index contributed by atoms with van der Waals surface area (Å²) >= 11 is 0. The Bertz CT molecular complexity index is 888. The fourth-order valence-corrected chi connectivity index (χ4v) is 2.30. The van der Waals surface area contributed by atoms with Crippen molar-refractivity contribution in [2.75, 3.05) is 7.11 Å². The third kappa shape index (κ3) is 2.58. The van der Waals surface area contributed by atoms with Gasteiger partial charge in [-0.25, -0.2) is 4.39 Å². The summed E-state index contributed by atoms with van der Waals surface area (Å²) < 4.78 is 58.8. The molecule has 2 aromatic heterocycles. The number of methoxy groups -OCH3 is 1. The largest absolute Gasteiger partial charge is 0.496 e. The Morgan fingerprint density at radius 3 is 2.52 bits per heavy atom. The van der Waals surface area contributed by atoms with Gasteiger partial charge in [0.1, 0.15) is 17.9 Å². The molecular formula is C14H10F4N4O. The Hall–Kier alpha value is -2.71. The van der Waals surface area contributed by atoms with E-state index in [0.717, 1.165) is 6.07 Å². The van der Waals surface area contributed by atoms with Crippen molar-refractivity contribution in [3.05, 3.63) is 41.6 Å². The van der Waals surface area contributed by atoms with Gasteiger partial charge in [0.2, 0.25) is 0 Å². The molecule has 3 aromatic rings. The molecule has 0 atom stereocenters. The van der Waals surface area contributed by atoms with Crippen LogP contribution >= 0.6 is 0 Å². The minimum atomic E-state index is -4.81. The number of benzene rings is 1. The van der Waals surface area contributed by atoms with Crippen molar-refractivity contribution < 1.29 is 22.3 Å². The number of ether oxygens (including phenoxy) is 1. The third-order valence-electron chi connectivity index (χ3n) is 3.27. The maximum absolute atomic E-state index is 13.9. The van der Waals surface area contributed by atoms with Crippen LogP contribution in [0.25, 0.3) is 16.8 Å². The van der Waals surface area contributed by atoms with Gasteiger partial charge in [-0.3, -0.25) is 0 Å². The first-order chi connectivity index (χ1) is 10.8. The number of aryl methyl sites for hydroxylation is 1. The molecule has 0 fully saturated rings. The summed E-state index contributed by atoms with van der Waals surface area (Å²) in [5.41, 5.74) is -0.0231. The van der Waals surface area contributed by atoms with Crippen LogP contribution < -0.4 is 4.74 Å². The second-order valence-electron chi connectivity index (χ2n) is 4.83. The molecule has 0 saturated carbocycles. The second kappa shape index (κ2) is 5.18. The topological polar surface area (TPSA) is 52.3 Å². The first kappa shape index (κ1) is 15.2. The number of halogens is 4. The third-order valence-corrected chi connectivity index (χ3v) is 3.27. The van der Waals surface area contributed by atoms with Crippen LogP contribution in [0.4, 0.5) is 17.6 Å². The van der Waals surface area contributed by atoms with E-state index in [1.807, 2.05) is 0 Å². The summed E-state index contributed by atoms with van der Waals surface area (Å²) in [6, 6.07) is 2.99. The predicted molar refractivity (Wildman–Crippen MR) is 72.5 cm³/mol. The SMILES string of the molecule is COc1cc(C(F)(F)F)c(F)cc1-c1cc(C)nn2cnnc12. The van der Waals surface area contributed by atoms with Gasteiger partial charge in [0.25, 0.3) is 0 Å². The van der Waals surface area contributed by atoms with Crippen LogP contribution in [0.1, 0.15) is 11.3 Å². The molecule has 23 heavy (non-hydrogen) atoms. The van der Waals surface area contributed by atoms with E-state index >= 15 is 0 Å². The van der Waals surface area contributed by atoms with E-state index in [4.69, 9.17) is 4.74 Å². The van der Waals surface area contributed by atoms with Crippen molar-refractivity contribution in [3.8, 4) is 16.9 Å². The van der Waals surface area contributed by atoms with Crippen molar-refractivity contribution in [1.29, 1.82) is 0 Å². The quantitative estimate of drug-likeness (QED) is 0.678. The van der Waals surface area contributed by atoms with Crippen molar-refractivity contribution in [1.82, 2.24) is 19.8 Å². The molecule has 0 N–H and O–H groups in total. The summed E-state index contributed by atoms with van der Waals surface area (Å²) in [6.07, 6.45) is -3.47. The zero-order chi connectivity index (χ0) is 16.8. The Kier molecular flexibility index (Phi) is 3.42. The molecule has 9 heteroatoms. The number of hydrogen-bond donors (Lipinski definition) is 0. The Labute approximate surface area is 127 Å². The first-order valence-electron chi connectivity index (χ1n) is 6.44. The number of nitrogens with zero attached hydrogens (tertiary/aromatic N) is 4. The lowest BCUT2D eigenvalue weighted by Gasteiger charge is -2.14. The summed E-state index contributed by atoms with van der Waals surface area (Å²) in [6.45, 7) is 1.69. The van der Waals surface area contributed by atoms with Gasteiger partial charge in [-0.15, -0.1) is 10.2 Å². The van der Waals surface area contributed by atoms with Gasteiger partial charge in [-0.05, 0) is 25.1 Å². The highest BCUT2D eigenvalue weighted by Gasteiger charge is 2.35. The summed E-state index contributed by atoms with van der Waals surface area (Å²) in [5.74, 6) is -1.50. The summed E-state index contributed by atoms with van der Waals surface area (Å²) in [4.78, 5) is 0. The predicted octanol–water partition coefficient (Wildman–Crippen LogP) is 3.27. The molecule has 1 aromatic carbocycles. The van der Waals surface area contributed by atoms with E-state index < -0.39 is 17.6 Å². The molecule has 0 radical (unpaired) electrons. The lowest BCUT2D eigenvalue weighted by Crippen LogP contribution is -2.09. The monoisotopic (exact) mass is 326 g/mol. The fraction of sp³-hybridized carbons (Fsp3) is 0.214. The van der Waals surface area contributed by atoms with Gasteiger partial charge in [0, 0.05) is 11.1 Å². The number of rotatable bonds is 2. The molecule has 0 aliphatic carbocycles. The highest BCUT2D eigenvalue weighted by molar-refractivity contribution is 5.81. The average molecular weight is 326 g/mol. The minimum absolute atomic E-state index is 0.116. The van der Waals surface area contributed by atoms with Crippen LogP contribution in [0.2, 0.25) is 0 Å². The molecule has 120 valence electrons. The van der Waals surface area contributed by atoms with E-state index in [-0.39, 0.29) is 17.0 Å². The normalized spacial score (nSPS) is 11.9. The molecule has 0 amide bonds. The van der Waals surface area contributed by atoms with Crippen LogP contribution in [0.3, 0.4) is 0 Å². The van der Waals surface area contributed by atoms with Crippen LogP contribution in [-0.2, 0) is 6.18 Å². The zero-order valence-corrected chi connectivity index (χ0v) is 12.0. The van der Waals surface area contributed by atoms with Crippen molar-refractivity contribution >= 4 is 5.65 Å². The maximum Gasteiger partial charge on any atom is 0.419 e. The van der Waals surface area contributed by atoms with Gasteiger partial charge in [-0.2, -0.15) is 22.8 Å². The van der Waals surface area contributed by atoms with E-state index in [0.29, 0.717) is 17.3 Å². The van der Waals surface area contributed by atoms with E-state index in [9.17, 15) is 17.6 Å². The highest BCUT2D eigenvalue weighted by Crippen LogP contribution is 2.39. The minimum Gasteiger partial charge on any atom is -0.496 e. The van der Waals surface area contributed by atoms with Crippen LogP contribution in [-0.4, -0.2) is 26.9 Å². The van der Waals surface area contributed by atoms with E-state index in [1.165, 1.54) is 18.0 Å². The smallest absolute Gasteiger partial charge is 0.419 e. The van der Waals surface area contributed by atoms with E-state index in [1.54, 1.807) is 13.0 Å². The van der Waals surface area contributed by atoms with Gasteiger partial charge in [0.15, 0.2) is 5.65 Å². The maximum atomic E-state index is 13.9. The van der Waals surface area contributed by atoms with Gasteiger partial charge in [-0.1, -0.05) is 0 Å². The molecule has 5 nitrogen and oxygen atoms in total. The molecule has 0 aliphatic heterocycles. The number of fused-ring (bicyclic) bond motifs is 1. The molecule has 0 spiro atoms. The van der Waals surface area contributed by atoms with Crippen LogP contribution in [0.15, 0.2) is 24.5 Å². The lowest BCUT2D eigenvalue weighted by atomic mass is 10.0. The van der Waals surface area contributed by atoms with Gasteiger partial charge < -0.3 is 4.74 Å². The molecule has 0 bridgehead atoms. The Morgan fingerprint density at radius 2 is 1.87 bits per heavy atom. The standard InChI is InChI=1S/C14H10F4N4O/c1-7-3-9(13-20-19-6-22(13)21-7)8-4-11(15)10(14(16,17)18)5-12(8)23-2/h3-6H,1-2H3. The molecule has 2 heterocycles. The Balaban J connectivity index is 2.31. The number of alkyl halides is 3. The van der Waals surface area contributed by atoms with Gasteiger partial charge >= 0.3 is 6.18 Å². The van der Waals surface area contributed by atoms with Crippen LogP contribution in [0.5, 0.6) is 5.75 Å². The fourth-order valence-electron chi connectivity index (χ4n) is 2.30. The average Bonchev–Trinajstić information content (AvgIpc) is 2.92. The molecular weight excluding hydrogens is 316 g/mol. The number of hydrogen-bond acceptors (Lipinski definition) is 4. The second-order valence-corrected chi connectivity index (χ2v) is 4.83. The molecule has 0 unspecified atom stereocenters. The molecule has 3 rings (SSSR count). The molecule has 0 saturated heterocycles. The van der Waals surface area contributed by atoms with Crippen molar-refractivity contribution in [3.63, 3.8) is 0 Å². The Morgan fingerprint density at radius 1 is 1.13 bits per heavy atom. The van der Waals surface area contributed by atoms with Crippen LogP contribution in [0, 0.1) is 12.7 Å². The van der Waals surface area contributed by atoms with Crippen molar-refractivity contribution in [2.45, 2.75) is 13.1 Å². The van der Waals surface area contributed by atoms with Gasteiger partial charge in [0.05, 0.1) is 18.4 Å². The lowest BCUT2D eigenvalue weighted by molar-refractivity contribution is -0.140. The van der Waals surface area contributed by atoms with E-state index in [2.05, 4.69) is 15.3 Å². The molecule has 0 aliphatic rings. The summed E-state index contributed by atoms with van der Waals surface area (Å²) in [7, 11) is 1.21. The number of aromatic nitrogens is 4. The zero-order valence-electron chi connectivity index (χ0n) is 12.0. The summed E-state index contributed by atoms with van der Waals surface area (Å²) in [5, 5.41) is 11.7. The first-order valence-corrected chi connectivity index (χ1v) is 6.44. The highest BCUT2D eigenvalue weighted by atomic mass is 19.4. The van der Waals surface area contributed by atoms with Crippen molar-refractivity contribution in [2.24, 2.45) is 0 Å².